The van der Waals surface area contributed by atoms with Gasteiger partial charge in [-0.25, -0.2) is 4.79 Å². The molecular weight excluding hydrogens is 728 g/mol. The highest BCUT2D eigenvalue weighted by molar-refractivity contribution is 9.10. The molecule has 0 spiro atoms. The molecule has 286 valence electrons. The van der Waals surface area contributed by atoms with E-state index in [9.17, 15) is 9.59 Å². The summed E-state index contributed by atoms with van der Waals surface area (Å²) in [7, 11) is 0. The van der Waals surface area contributed by atoms with Crippen molar-refractivity contribution in [1.29, 1.82) is 0 Å². The topological polar surface area (TPSA) is 75.0 Å². The lowest BCUT2D eigenvalue weighted by molar-refractivity contribution is -0.154. The van der Waals surface area contributed by atoms with Crippen molar-refractivity contribution in [1.82, 2.24) is 0 Å². The van der Waals surface area contributed by atoms with Crippen LogP contribution in [0.1, 0.15) is 117 Å². The lowest BCUT2D eigenvalue weighted by Crippen LogP contribution is -2.52. The fourth-order valence-corrected chi connectivity index (χ4v) is 11.3. The number of benzene rings is 2. The van der Waals surface area contributed by atoms with Gasteiger partial charge in [-0.2, -0.15) is 0 Å². The first kappa shape index (κ1) is 38.2. The predicted octanol–water partition coefficient (Wildman–Crippen LogP) is 12.4. The molecule has 3 aromatic rings. The summed E-state index contributed by atoms with van der Waals surface area (Å²) >= 11 is 3.41. The van der Waals surface area contributed by atoms with Crippen LogP contribution < -0.4 is 14.9 Å². The van der Waals surface area contributed by atoms with E-state index in [1.54, 1.807) is 37.3 Å². The Morgan fingerprint density at radius 1 is 0.962 bits per heavy atom. The number of carbonyl (C=O) groups excluding carboxylic acids is 1. The third-order valence-electron chi connectivity index (χ3n) is 14.1. The fraction of sp³-hybridized carbons (Fsp3) is 0.609. The molecule has 4 aliphatic rings. The summed E-state index contributed by atoms with van der Waals surface area (Å²) in [4.78, 5) is 26.3. The molecule has 1 heterocycles. The van der Waals surface area contributed by atoms with Gasteiger partial charge in [-0.1, -0.05) is 81.5 Å². The zero-order valence-electron chi connectivity index (χ0n) is 32.7. The molecular formula is C46H59BrO6. The van der Waals surface area contributed by atoms with Gasteiger partial charge < -0.3 is 18.6 Å². The number of ether oxygens (including phenoxy) is 3. The second-order valence-corrected chi connectivity index (χ2v) is 18.9. The smallest absolute Gasteiger partial charge is 0.344 e. The van der Waals surface area contributed by atoms with E-state index in [2.05, 4.69) is 56.6 Å². The number of allylic oxidation sites excluding steroid dienone is 1. The van der Waals surface area contributed by atoms with E-state index in [-0.39, 0.29) is 35.3 Å². The highest BCUT2D eigenvalue weighted by Crippen LogP contribution is 2.65. The van der Waals surface area contributed by atoms with E-state index in [4.69, 9.17) is 18.6 Å². The van der Waals surface area contributed by atoms with Crippen molar-refractivity contribution in [2.24, 2.45) is 46.3 Å². The molecule has 0 aliphatic heterocycles. The second kappa shape index (κ2) is 15.6. The van der Waals surface area contributed by atoms with Crippen molar-refractivity contribution in [3.8, 4) is 17.2 Å². The number of fused-ring (bicyclic) bond motifs is 6. The Hall–Kier alpha value is -3.06. The summed E-state index contributed by atoms with van der Waals surface area (Å²) in [6.45, 7) is 13.9. The van der Waals surface area contributed by atoms with E-state index in [0.29, 0.717) is 33.6 Å². The quantitative estimate of drug-likeness (QED) is 0.142. The molecule has 7 rings (SSSR count). The highest BCUT2D eigenvalue weighted by Gasteiger charge is 2.56. The van der Waals surface area contributed by atoms with E-state index in [0.717, 1.165) is 59.2 Å². The van der Waals surface area contributed by atoms with Gasteiger partial charge in [0.15, 0.2) is 6.61 Å². The number of halogens is 1. The van der Waals surface area contributed by atoms with Gasteiger partial charge in [0.25, 0.3) is 0 Å². The number of hydrogen-bond donors (Lipinski definition) is 0. The Morgan fingerprint density at radius 3 is 2.51 bits per heavy atom. The van der Waals surface area contributed by atoms with E-state index in [1.807, 2.05) is 12.1 Å². The molecule has 2 aromatic carbocycles. The van der Waals surface area contributed by atoms with Crippen LogP contribution in [0.25, 0.3) is 11.0 Å². The molecule has 0 N–H and O–H groups in total. The van der Waals surface area contributed by atoms with Crippen LogP contribution in [0, 0.1) is 53.3 Å². The number of carbonyl (C=O) groups is 1. The third-order valence-corrected chi connectivity index (χ3v) is 14.6. The minimum atomic E-state index is -0.368. The average molecular weight is 788 g/mol. The van der Waals surface area contributed by atoms with Gasteiger partial charge in [-0.15, -0.1) is 0 Å². The Labute approximate surface area is 324 Å². The summed E-state index contributed by atoms with van der Waals surface area (Å²) < 4.78 is 24.6. The Kier molecular flexibility index (Phi) is 11.2. The Bertz CT molecular complexity index is 1880. The van der Waals surface area contributed by atoms with Crippen LogP contribution in [0.2, 0.25) is 0 Å². The number of esters is 1. The first-order valence-electron chi connectivity index (χ1n) is 20.4. The first-order chi connectivity index (χ1) is 25.3. The minimum Gasteiger partial charge on any atom is -0.482 e. The fourth-order valence-electron chi connectivity index (χ4n) is 11.1. The Morgan fingerprint density at radius 2 is 1.74 bits per heavy atom. The van der Waals surface area contributed by atoms with Crippen molar-refractivity contribution < 1.29 is 23.4 Å². The van der Waals surface area contributed by atoms with Crippen LogP contribution in [0.4, 0.5) is 0 Å². The maximum absolute atomic E-state index is 13.3. The van der Waals surface area contributed by atoms with Crippen molar-refractivity contribution >= 4 is 32.9 Å². The third kappa shape index (κ3) is 8.02. The van der Waals surface area contributed by atoms with Crippen LogP contribution >= 0.6 is 15.9 Å². The van der Waals surface area contributed by atoms with Crippen LogP contribution in [-0.2, 0) is 9.53 Å². The molecule has 0 radical (unpaired) electrons. The minimum absolute atomic E-state index is 0.120. The molecule has 7 heteroatoms. The van der Waals surface area contributed by atoms with Gasteiger partial charge in [-0.05, 0) is 141 Å². The molecule has 0 amide bonds. The van der Waals surface area contributed by atoms with Crippen molar-refractivity contribution in [3.63, 3.8) is 0 Å². The molecule has 1 aromatic heterocycles. The number of rotatable bonds is 11. The summed E-state index contributed by atoms with van der Waals surface area (Å²) in [5.41, 5.74) is 2.32. The highest BCUT2D eigenvalue weighted by atomic mass is 79.9. The molecule has 0 saturated heterocycles. The summed E-state index contributed by atoms with van der Waals surface area (Å²) in [6.07, 6.45) is 17.5. The lowest BCUT2D eigenvalue weighted by Gasteiger charge is -2.61. The zero-order chi connectivity index (χ0) is 37.5. The maximum Gasteiger partial charge on any atom is 0.344 e. The summed E-state index contributed by atoms with van der Waals surface area (Å²) in [5, 5.41) is 0.378. The van der Waals surface area contributed by atoms with E-state index in [1.165, 1.54) is 63.4 Å². The molecule has 6 nitrogen and oxygen atoms in total. The van der Waals surface area contributed by atoms with Crippen molar-refractivity contribution in [2.45, 2.75) is 125 Å². The Balaban J connectivity index is 0.932. The summed E-state index contributed by atoms with van der Waals surface area (Å²) in [5.74, 6) is 6.03. The van der Waals surface area contributed by atoms with Gasteiger partial charge in [0, 0.05) is 17.0 Å². The zero-order valence-corrected chi connectivity index (χ0v) is 34.3. The molecule has 0 bridgehead atoms. The maximum atomic E-state index is 13.3. The molecule has 4 aliphatic carbocycles. The first-order valence-corrected chi connectivity index (χ1v) is 21.1. The van der Waals surface area contributed by atoms with Crippen LogP contribution in [0.3, 0.4) is 0 Å². The molecule has 3 saturated carbocycles. The molecule has 3 fully saturated rings. The van der Waals surface area contributed by atoms with Crippen molar-refractivity contribution in [3.05, 3.63) is 74.6 Å². The van der Waals surface area contributed by atoms with Crippen LogP contribution in [0.15, 0.2) is 67.8 Å². The monoisotopic (exact) mass is 786 g/mol. The summed E-state index contributed by atoms with van der Waals surface area (Å²) in [6, 6.07) is 12.2. The van der Waals surface area contributed by atoms with Gasteiger partial charge in [0.05, 0.1) is 5.39 Å². The molecule has 0 unspecified atom stereocenters. The van der Waals surface area contributed by atoms with E-state index >= 15 is 0 Å². The largest absolute Gasteiger partial charge is 0.482 e. The average Bonchev–Trinajstić information content (AvgIpc) is 3.12. The van der Waals surface area contributed by atoms with Crippen LogP contribution in [-0.4, -0.2) is 18.7 Å². The van der Waals surface area contributed by atoms with Gasteiger partial charge in [-0.3, -0.25) is 4.79 Å². The van der Waals surface area contributed by atoms with Gasteiger partial charge >= 0.3 is 5.97 Å². The number of hydrogen-bond acceptors (Lipinski definition) is 6. The van der Waals surface area contributed by atoms with Crippen molar-refractivity contribution in [2.75, 3.05) is 6.61 Å². The van der Waals surface area contributed by atoms with Gasteiger partial charge in [0.2, 0.25) is 11.2 Å². The van der Waals surface area contributed by atoms with Gasteiger partial charge in [0.1, 0.15) is 28.9 Å². The molecule has 53 heavy (non-hydrogen) atoms. The normalized spacial score (nSPS) is 30.1. The lowest BCUT2D eigenvalue weighted by atomic mass is 9.44. The standard InChI is InChI=1S/C46H59BrO6/c1-28(2)8-7-9-29(3)31-10-19-39-37-17-11-32-24-36(20-23-46(32,6)40(37)21-22-45(39,5)26-31)52-42(48)27-50-35-16-18-38-41(25-35)51-30(4)44(43(38)49)53-34-14-12-33(47)13-15-34/h11-16,18,25,28-29,31,36-37,39-40H,7-10,17,19-24,26-27H2,1-6H3/t29-,31+,36-,37+,39-,40+,45+,46-/m0/s1. The molecule has 8 atom stereocenters. The number of aryl methyl sites for hydroxylation is 1. The SMILES string of the molecule is Cc1oc2cc(OCC(=O)O[C@H]3CC[C@@]4(C)C(=CC[C@H]5[C@H]4CC[C@]4(C)C[C@H]([C@@H](C)CCCC(C)C)CC[C@@H]54)C3)ccc2c(=O)c1Oc1ccc(Br)cc1. The second-order valence-electron chi connectivity index (χ2n) is 18.0. The van der Waals surface area contributed by atoms with E-state index < -0.39 is 0 Å². The van der Waals surface area contributed by atoms with Crippen LogP contribution in [0.5, 0.6) is 17.2 Å². The predicted molar refractivity (Wildman–Crippen MR) is 214 cm³/mol.